The van der Waals surface area contributed by atoms with Gasteiger partial charge in [-0.25, -0.2) is 4.68 Å². The lowest BCUT2D eigenvalue weighted by atomic mass is 10.1. The summed E-state index contributed by atoms with van der Waals surface area (Å²) >= 11 is 0. The van der Waals surface area contributed by atoms with Crippen LogP contribution in [0.25, 0.3) is 11.3 Å². The Hall–Kier alpha value is -3.15. The Morgan fingerprint density at radius 3 is 2.65 bits per heavy atom. The van der Waals surface area contributed by atoms with Crippen molar-refractivity contribution in [3.05, 3.63) is 65.9 Å². The van der Waals surface area contributed by atoms with E-state index in [4.69, 9.17) is 4.74 Å². The molecule has 0 saturated carbocycles. The quantitative estimate of drug-likeness (QED) is 0.741. The first-order valence-corrected chi connectivity index (χ1v) is 8.46. The maximum Gasteiger partial charge on any atom is 0.242 e. The fraction of sp³-hybridized carbons (Fsp3) is 0.250. The van der Waals surface area contributed by atoms with Crippen LogP contribution in [0.3, 0.4) is 0 Å². The second-order valence-electron chi connectivity index (χ2n) is 6.20. The van der Waals surface area contributed by atoms with Crippen LogP contribution >= 0.6 is 0 Å². The van der Waals surface area contributed by atoms with Gasteiger partial charge in [0.2, 0.25) is 5.91 Å². The van der Waals surface area contributed by atoms with Gasteiger partial charge in [-0.3, -0.25) is 4.79 Å². The van der Waals surface area contributed by atoms with Crippen LogP contribution in [0.2, 0.25) is 0 Å². The zero-order valence-electron chi connectivity index (χ0n) is 15.1. The van der Waals surface area contributed by atoms with Gasteiger partial charge in [-0.1, -0.05) is 53.2 Å². The molecule has 6 nitrogen and oxygen atoms in total. The first-order valence-electron chi connectivity index (χ1n) is 8.46. The van der Waals surface area contributed by atoms with Gasteiger partial charge in [0, 0.05) is 11.1 Å². The Kier molecular flexibility index (Phi) is 5.31. The van der Waals surface area contributed by atoms with Gasteiger partial charge < -0.3 is 10.1 Å². The monoisotopic (exact) mass is 350 g/mol. The van der Waals surface area contributed by atoms with Crippen LogP contribution in [0.1, 0.15) is 24.1 Å². The molecule has 1 atom stereocenters. The summed E-state index contributed by atoms with van der Waals surface area (Å²) in [6, 6.07) is 15.5. The van der Waals surface area contributed by atoms with Crippen molar-refractivity contribution in [3.8, 4) is 17.0 Å². The third kappa shape index (κ3) is 4.08. The minimum atomic E-state index is -0.168. The number of para-hydroxylation sites is 1. The number of ether oxygens (including phenoxy) is 1. The summed E-state index contributed by atoms with van der Waals surface area (Å²) in [5.74, 6) is 0.617. The molecule has 134 valence electrons. The molecule has 0 spiro atoms. The number of hydrogen-bond acceptors (Lipinski definition) is 4. The second kappa shape index (κ2) is 7.82. The van der Waals surface area contributed by atoms with Crippen molar-refractivity contribution in [3.63, 3.8) is 0 Å². The van der Waals surface area contributed by atoms with Gasteiger partial charge in [0.25, 0.3) is 0 Å². The number of nitrogens with zero attached hydrogens (tertiary/aromatic N) is 3. The number of amides is 1. The number of methoxy groups -OCH3 is 1. The van der Waals surface area contributed by atoms with Crippen LogP contribution in [0.4, 0.5) is 0 Å². The van der Waals surface area contributed by atoms with Crippen molar-refractivity contribution in [1.29, 1.82) is 0 Å². The normalized spacial score (nSPS) is 11.8. The molecule has 1 N–H and O–H groups in total. The van der Waals surface area contributed by atoms with Gasteiger partial charge in [-0.05, 0) is 19.9 Å². The summed E-state index contributed by atoms with van der Waals surface area (Å²) in [6.07, 6.45) is 1.78. The van der Waals surface area contributed by atoms with Crippen LogP contribution in [0, 0.1) is 6.92 Å². The van der Waals surface area contributed by atoms with Gasteiger partial charge >= 0.3 is 0 Å². The van der Waals surface area contributed by atoms with Gasteiger partial charge in [0.1, 0.15) is 18.0 Å². The van der Waals surface area contributed by atoms with Crippen molar-refractivity contribution < 1.29 is 9.53 Å². The van der Waals surface area contributed by atoms with Crippen molar-refractivity contribution in [1.82, 2.24) is 20.3 Å². The first kappa shape index (κ1) is 17.7. The van der Waals surface area contributed by atoms with Gasteiger partial charge in [0.05, 0.1) is 19.3 Å². The standard InChI is InChI=1S/C20H22N4O2/c1-14-8-10-16(11-9-14)18-12-24(23-22-18)13-20(25)21-15(2)17-6-4-5-7-19(17)26-3/h4-12,15H,13H2,1-3H3,(H,21,25). The minimum absolute atomic E-state index is 0.109. The molecule has 0 saturated heterocycles. The van der Waals surface area contributed by atoms with E-state index in [1.54, 1.807) is 18.0 Å². The zero-order chi connectivity index (χ0) is 18.5. The molecule has 1 aromatic heterocycles. The first-order chi connectivity index (χ1) is 12.6. The van der Waals surface area contributed by atoms with E-state index in [0.29, 0.717) is 0 Å². The number of rotatable bonds is 6. The molecule has 0 radical (unpaired) electrons. The topological polar surface area (TPSA) is 69.0 Å². The molecule has 0 fully saturated rings. The Morgan fingerprint density at radius 1 is 1.19 bits per heavy atom. The molecule has 0 bridgehead atoms. The van der Waals surface area contributed by atoms with Crippen LogP contribution in [-0.2, 0) is 11.3 Å². The molecule has 0 aliphatic rings. The fourth-order valence-electron chi connectivity index (χ4n) is 2.77. The summed E-state index contributed by atoms with van der Waals surface area (Å²) < 4.78 is 6.89. The average molecular weight is 350 g/mol. The zero-order valence-corrected chi connectivity index (χ0v) is 15.1. The van der Waals surface area contributed by atoms with Crippen molar-refractivity contribution in [2.75, 3.05) is 7.11 Å². The summed E-state index contributed by atoms with van der Waals surface area (Å²) in [6.45, 7) is 4.07. The van der Waals surface area contributed by atoms with E-state index in [1.165, 1.54) is 5.56 Å². The molecule has 0 aliphatic heterocycles. The molecule has 26 heavy (non-hydrogen) atoms. The number of carbonyl (C=O) groups excluding carboxylic acids is 1. The van der Waals surface area contributed by atoms with E-state index in [2.05, 4.69) is 15.6 Å². The Labute approximate surface area is 152 Å². The van der Waals surface area contributed by atoms with Crippen LogP contribution in [0.15, 0.2) is 54.7 Å². The molecular weight excluding hydrogens is 328 g/mol. The molecular formula is C20H22N4O2. The third-order valence-corrected chi connectivity index (χ3v) is 4.17. The Morgan fingerprint density at radius 2 is 1.92 bits per heavy atom. The molecule has 0 aliphatic carbocycles. The van der Waals surface area contributed by atoms with E-state index in [1.807, 2.05) is 62.4 Å². The lowest BCUT2D eigenvalue weighted by Crippen LogP contribution is -2.30. The van der Waals surface area contributed by atoms with Gasteiger partial charge in [-0.2, -0.15) is 0 Å². The largest absolute Gasteiger partial charge is 0.496 e. The van der Waals surface area contributed by atoms with Crippen LogP contribution in [-0.4, -0.2) is 28.0 Å². The number of benzene rings is 2. The highest BCUT2D eigenvalue weighted by molar-refractivity contribution is 5.76. The highest BCUT2D eigenvalue weighted by atomic mass is 16.5. The predicted molar refractivity (Wildman–Crippen MR) is 99.7 cm³/mol. The van der Waals surface area contributed by atoms with Crippen LogP contribution in [0.5, 0.6) is 5.75 Å². The molecule has 6 heteroatoms. The number of aromatic nitrogens is 3. The molecule has 3 aromatic rings. The Balaban J connectivity index is 1.64. The highest BCUT2D eigenvalue weighted by Gasteiger charge is 2.14. The number of hydrogen-bond donors (Lipinski definition) is 1. The molecule has 1 heterocycles. The lowest BCUT2D eigenvalue weighted by molar-refractivity contribution is -0.122. The maximum absolute atomic E-state index is 12.3. The van der Waals surface area contributed by atoms with Gasteiger partial charge in [0.15, 0.2) is 0 Å². The summed E-state index contributed by atoms with van der Waals surface area (Å²) in [4.78, 5) is 12.3. The molecule has 2 aromatic carbocycles. The number of aryl methyl sites for hydroxylation is 1. The number of carbonyl (C=O) groups is 1. The minimum Gasteiger partial charge on any atom is -0.496 e. The third-order valence-electron chi connectivity index (χ3n) is 4.17. The number of nitrogens with one attached hydrogen (secondary N) is 1. The van der Waals surface area contributed by atoms with E-state index in [0.717, 1.165) is 22.6 Å². The summed E-state index contributed by atoms with van der Waals surface area (Å²) in [5.41, 5.74) is 3.84. The highest BCUT2D eigenvalue weighted by Crippen LogP contribution is 2.24. The van der Waals surface area contributed by atoms with E-state index < -0.39 is 0 Å². The maximum atomic E-state index is 12.3. The molecule has 1 amide bonds. The molecule has 3 rings (SSSR count). The van der Waals surface area contributed by atoms with Crippen molar-refractivity contribution in [2.24, 2.45) is 0 Å². The second-order valence-corrected chi connectivity index (χ2v) is 6.20. The van der Waals surface area contributed by atoms with Gasteiger partial charge in [-0.15, -0.1) is 5.10 Å². The summed E-state index contributed by atoms with van der Waals surface area (Å²) in [5, 5.41) is 11.2. The lowest BCUT2D eigenvalue weighted by Gasteiger charge is -2.17. The van der Waals surface area contributed by atoms with E-state index in [-0.39, 0.29) is 18.5 Å². The van der Waals surface area contributed by atoms with Crippen LogP contribution < -0.4 is 10.1 Å². The Bertz CT molecular complexity index is 887. The SMILES string of the molecule is COc1ccccc1C(C)NC(=O)Cn1cc(-c2ccc(C)cc2)nn1. The fourth-order valence-corrected chi connectivity index (χ4v) is 2.77. The smallest absolute Gasteiger partial charge is 0.242 e. The van der Waals surface area contributed by atoms with Crippen molar-refractivity contribution >= 4 is 5.91 Å². The van der Waals surface area contributed by atoms with E-state index >= 15 is 0 Å². The van der Waals surface area contributed by atoms with E-state index in [9.17, 15) is 4.79 Å². The predicted octanol–water partition coefficient (Wildman–Crippen LogP) is 3.14. The average Bonchev–Trinajstić information content (AvgIpc) is 3.10. The summed E-state index contributed by atoms with van der Waals surface area (Å²) in [7, 11) is 1.62. The van der Waals surface area contributed by atoms with Crippen molar-refractivity contribution in [2.45, 2.75) is 26.4 Å². The molecule has 1 unspecified atom stereocenters.